The quantitative estimate of drug-likeness (QED) is 0.603. The highest BCUT2D eigenvalue weighted by molar-refractivity contribution is 7.92. The number of benzene rings is 3. The number of amides is 1. The van der Waals surface area contributed by atoms with E-state index >= 15 is 0 Å². The maximum atomic E-state index is 14.0. The lowest BCUT2D eigenvalue weighted by atomic mass is 10.0. The molecule has 3 aromatic carbocycles. The molecule has 1 unspecified atom stereocenters. The maximum Gasteiger partial charge on any atom is 0.261 e. The fourth-order valence-corrected chi connectivity index (χ4v) is 4.11. The Morgan fingerprint density at radius 2 is 1.77 bits per heavy atom. The summed E-state index contributed by atoms with van der Waals surface area (Å²) in [6, 6.07) is 17.3. The van der Waals surface area contributed by atoms with E-state index in [-0.39, 0.29) is 16.0 Å². The van der Waals surface area contributed by atoms with Crippen molar-refractivity contribution in [1.29, 1.82) is 5.26 Å². The molecule has 0 heterocycles. The summed E-state index contributed by atoms with van der Waals surface area (Å²) in [7, 11) is -3.95. The van der Waals surface area contributed by atoms with E-state index in [4.69, 9.17) is 0 Å². The van der Waals surface area contributed by atoms with Gasteiger partial charge in [-0.25, -0.2) is 12.8 Å². The molecule has 2 N–H and O–H groups in total. The first-order chi connectivity index (χ1) is 14.7. The van der Waals surface area contributed by atoms with Gasteiger partial charge in [-0.3, -0.25) is 9.52 Å². The zero-order chi connectivity index (χ0) is 22.6. The molecule has 8 heteroatoms. The van der Waals surface area contributed by atoms with Crippen LogP contribution in [0.2, 0.25) is 0 Å². The number of nitrogens with one attached hydrogen (secondary N) is 2. The fourth-order valence-electron chi connectivity index (χ4n) is 3.03. The van der Waals surface area contributed by atoms with Crippen molar-refractivity contribution >= 4 is 21.6 Å². The van der Waals surface area contributed by atoms with Gasteiger partial charge in [-0.15, -0.1) is 0 Å². The van der Waals surface area contributed by atoms with Crippen molar-refractivity contribution in [2.24, 2.45) is 0 Å². The molecule has 0 spiro atoms. The van der Waals surface area contributed by atoms with Crippen LogP contribution in [0.15, 0.2) is 71.6 Å². The van der Waals surface area contributed by atoms with Crippen LogP contribution in [-0.2, 0) is 10.0 Å². The highest BCUT2D eigenvalue weighted by atomic mass is 32.2. The van der Waals surface area contributed by atoms with E-state index in [9.17, 15) is 22.9 Å². The van der Waals surface area contributed by atoms with E-state index in [1.165, 1.54) is 36.4 Å². The Morgan fingerprint density at radius 3 is 2.45 bits per heavy atom. The Morgan fingerprint density at radius 1 is 1.03 bits per heavy atom. The predicted octanol–water partition coefficient (Wildman–Crippen LogP) is 4.24. The Bertz CT molecular complexity index is 1280. The molecule has 6 nitrogen and oxygen atoms in total. The van der Waals surface area contributed by atoms with Gasteiger partial charge in [0, 0.05) is 16.8 Å². The second kappa shape index (κ2) is 8.98. The van der Waals surface area contributed by atoms with Crippen molar-refractivity contribution in [3.8, 4) is 6.07 Å². The van der Waals surface area contributed by atoms with Crippen LogP contribution in [0.1, 0.15) is 33.1 Å². The van der Waals surface area contributed by atoms with E-state index in [2.05, 4.69) is 10.0 Å². The van der Waals surface area contributed by atoms with Crippen molar-refractivity contribution in [2.75, 3.05) is 4.72 Å². The Labute approximate surface area is 180 Å². The van der Waals surface area contributed by atoms with Crippen molar-refractivity contribution in [2.45, 2.75) is 24.8 Å². The predicted molar refractivity (Wildman–Crippen MR) is 115 cm³/mol. The van der Waals surface area contributed by atoms with Gasteiger partial charge >= 0.3 is 0 Å². The van der Waals surface area contributed by atoms with Crippen LogP contribution in [0.25, 0.3) is 0 Å². The minimum absolute atomic E-state index is 0.0286. The Hall–Kier alpha value is -3.70. The number of nitrogens with zero attached hydrogens (tertiary/aromatic N) is 1. The molecule has 0 fully saturated rings. The summed E-state index contributed by atoms with van der Waals surface area (Å²) < 4.78 is 42.1. The third-order valence-corrected chi connectivity index (χ3v) is 6.03. The van der Waals surface area contributed by atoms with Gasteiger partial charge < -0.3 is 5.32 Å². The first-order valence-corrected chi connectivity index (χ1v) is 10.8. The van der Waals surface area contributed by atoms with Gasteiger partial charge in [0.15, 0.2) is 0 Å². The molecule has 0 aromatic heterocycles. The molecule has 3 aromatic rings. The molecule has 1 amide bonds. The highest BCUT2D eigenvalue weighted by Gasteiger charge is 2.22. The van der Waals surface area contributed by atoms with E-state index in [0.29, 0.717) is 11.3 Å². The summed E-state index contributed by atoms with van der Waals surface area (Å²) in [4.78, 5) is 12.7. The normalized spacial score (nSPS) is 11.9. The van der Waals surface area contributed by atoms with Crippen molar-refractivity contribution in [3.63, 3.8) is 0 Å². The van der Waals surface area contributed by atoms with Crippen molar-refractivity contribution < 1.29 is 17.6 Å². The smallest absolute Gasteiger partial charge is 0.261 e. The number of carbonyl (C=O) groups is 1. The molecule has 0 saturated heterocycles. The summed E-state index contributed by atoms with van der Waals surface area (Å²) in [6.07, 6.45) is 0. The number of hydrogen-bond donors (Lipinski definition) is 2. The molecule has 31 heavy (non-hydrogen) atoms. The van der Waals surface area contributed by atoms with Crippen LogP contribution in [-0.4, -0.2) is 14.3 Å². The lowest BCUT2D eigenvalue weighted by molar-refractivity contribution is 0.0944. The first kappa shape index (κ1) is 22.0. The van der Waals surface area contributed by atoms with Crippen LogP contribution >= 0.6 is 0 Å². The molecule has 3 rings (SSSR count). The molecule has 0 bridgehead atoms. The number of sulfonamides is 1. The number of rotatable bonds is 6. The number of carbonyl (C=O) groups excluding carboxylic acids is 1. The van der Waals surface area contributed by atoms with Crippen LogP contribution < -0.4 is 10.0 Å². The van der Waals surface area contributed by atoms with Gasteiger partial charge in [0.25, 0.3) is 15.9 Å². The summed E-state index contributed by atoms with van der Waals surface area (Å²) >= 11 is 0. The average Bonchev–Trinajstić information content (AvgIpc) is 2.72. The molecule has 1 atom stereocenters. The van der Waals surface area contributed by atoms with E-state index in [1.54, 1.807) is 31.2 Å². The standard InChI is InChI=1S/C23H20FN3O3S/c1-15-6-5-7-17(12-15)27-31(29,30)18-11-10-16(2)20(13-18)23(28)26-22(14-25)19-8-3-4-9-21(19)24/h3-13,22,27H,1-2H3,(H,26,28). The molecule has 0 aliphatic rings. The maximum absolute atomic E-state index is 14.0. The molecule has 158 valence electrons. The number of anilines is 1. The lowest BCUT2D eigenvalue weighted by Gasteiger charge is -2.15. The Balaban J connectivity index is 1.89. The van der Waals surface area contributed by atoms with Gasteiger partial charge in [-0.05, 0) is 55.3 Å². The molecule has 0 radical (unpaired) electrons. The molecule has 0 aliphatic carbocycles. The third kappa shape index (κ3) is 5.08. The van der Waals surface area contributed by atoms with Crippen LogP contribution in [0, 0.1) is 31.0 Å². The van der Waals surface area contributed by atoms with Gasteiger partial charge in [0.2, 0.25) is 0 Å². The topological polar surface area (TPSA) is 99.1 Å². The largest absolute Gasteiger partial charge is 0.332 e. The first-order valence-electron chi connectivity index (χ1n) is 9.36. The molecule has 0 aliphatic heterocycles. The summed E-state index contributed by atoms with van der Waals surface area (Å²) in [5.74, 6) is -1.30. The third-order valence-electron chi connectivity index (χ3n) is 4.66. The minimum atomic E-state index is -3.95. The molecule has 0 saturated carbocycles. The number of aryl methyl sites for hydroxylation is 2. The van der Waals surface area contributed by atoms with E-state index in [0.717, 1.165) is 5.56 Å². The fraction of sp³-hybridized carbons (Fsp3) is 0.130. The van der Waals surface area contributed by atoms with Crippen molar-refractivity contribution in [3.05, 3.63) is 94.8 Å². The van der Waals surface area contributed by atoms with Crippen molar-refractivity contribution in [1.82, 2.24) is 5.32 Å². The second-order valence-corrected chi connectivity index (χ2v) is 8.69. The van der Waals surface area contributed by atoms with Crippen LogP contribution in [0.4, 0.5) is 10.1 Å². The van der Waals surface area contributed by atoms with Gasteiger partial charge in [0.1, 0.15) is 11.9 Å². The average molecular weight is 437 g/mol. The zero-order valence-corrected chi connectivity index (χ0v) is 17.7. The summed E-state index contributed by atoms with van der Waals surface area (Å²) in [6.45, 7) is 3.48. The van der Waals surface area contributed by atoms with E-state index < -0.39 is 27.8 Å². The van der Waals surface area contributed by atoms with Gasteiger partial charge in [-0.2, -0.15) is 5.26 Å². The Kier molecular flexibility index (Phi) is 6.37. The number of nitriles is 1. The SMILES string of the molecule is Cc1cccc(NS(=O)(=O)c2ccc(C)c(C(=O)NC(C#N)c3ccccc3F)c2)c1. The highest BCUT2D eigenvalue weighted by Crippen LogP contribution is 2.22. The van der Waals surface area contributed by atoms with E-state index in [1.807, 2.05) is 19.1 Å². The monoisotopic (exact) mass is 437 g/mol. The summed E-state index contributed by atoms with van der Waals surface area (Å²) in [5, 5.41) is 11.9. The number of halogens is 1. The minimum Gasteiger partial charge on any atom is -0.332 e. The van der Waals surface area contributed by atoms with Crippen LogP contribution in [0.3, 0.4) is 0 Å². The lowest BCUT2D eigenvalue weighted by Crippen LogP contribution is -2.29. The second-order valence-electron chi connectivity index (χ2n) is 7.01. The molecular formula is C23H20FN3O3S. The zero-order valence-electron chi connectivity index (χ0n) is 16.9. The molecular weight excluding hydrogens is 417 g/mol. The van der Waals surface area contributed by atoms with Crippen LogP contribution in [0.5, 0.6) is 0 Å². The van der Waals surface area contributed by atoms with Gasteiger partial charge in [0.05, 0.1) is 11.0 Å². The van der Waals surface area contributed by atoms with Gasteiger partial charge in [-0.1, -0.05) is 36.4 Å². The number of hydrogen-bond acceptors (Lipinski definition) is 4. The summed E-state index contributed by atoms with van der Waals surface area (Å²) in [5.41, 5.74) is 1.90.